The van der Waals surface area contributed by atoms with E-state index in [9.17, 15) is 5.26 Å². The molecule has 7 heteroatoms. The summed E-state index contributed by atoms with van der Waals surface area (Å²) < 4.78 is 17.0. The van der Waals surface area contributed by atoms with Gasteiger partial charge in [0, 0.05) is 22.7 Å². The van der Waals surface area contributed by atoms with Crippen LogP contribution in [0.15, 0.2) is 42.5 Å². The van der Waals surface area contributed by atoms with Crippen LogP contribution in [0, 0.1) is 36.5 Å². The molecule has 3 aromatic rings. The van der Waals surface area contributed by atoms with Gasteiger partial charge in [-0.05, 0) is 43.2 Å². The molecule has 0 bridgehead atoms. The van der Waals surface area contributed by atoms with Crippen LogP contribution in [0.4, 0.5) is 0 Å². The zero-order valence-corrected chi connectivity index (χ0v) is 17.0. The van der Waals surface area contributed by atoms with E-state index in [0.29, 0.717) is 18.2 Å². The first-order chi connectivity index (χ1) is 14.5. The van der Waals surface area contributed by atoms with Gasteiger partial charge in [0.05, 0.1) is 13.2 Å². The molecule has 0 aliphatic carbocycles. The number of hydrogen-bond donors (Lipinski definition) is 2. The lowest BCUT2D eigenvalue weighted by atomic mass is 9.79. The second kappa shape index (κ2) is 7.91. The van der Waals surface area contributed by atoms with Crippen molar-refractivity contribution in [3.63, 3.8) is 0 Å². The summed E-state index contributed by atoms with van der Waals surface area (Å²) in [4.78, 5) is 0. The predicted octanol–water partition coefficient (Wildman–Crippen LogP) is 4.26. The molecule has 152 valence electrons. The second-order valence-electron chi connectivity index (χ2n) is 7.24. The van der Waals surface area contributed by atoms with Gasteiger partial charge in [0.15, 0.2) is 0 Å². The Bertz CT molecular complexity index is 1150. The first kappa shape index (κ1) is 19.5. The van der Waals surface area contributed by atoms with E-state index in [2.05, 4.69) is 16.3 Å². The van der Waals surface area contributed by atoms with Gasteiger partial charge in [-0.15, -0.1) is 5.10 Å². The summed E-state index contributed by atoms with van der Waals surface area (Å²) in [6.45, 7) is 4.20. The summed E-state index contributed by atoms with van der Waals surface area (Å²) in [6, 6.07) is 15.8. The Morgan fingerprint density at radius 1 is 1.20 bits per heavy atom. The molecule has 7 nitrogen and oxygen atoms in total. The van der Waals surface area contributed by atoms with E-state index in [0.717, 1.165) is 33.7 Å². The SMILES string of the molecule is COc1ccc(C2c3c(n[nH]c3C)OC(=N)C2C#N)cc1COc1ccccc1C. The van der Waals surface area contributed by atoms with Crippen molar-refractivity contribution in [3.8, 4) is 23.4 Å². The Labute approximate surface area is 174 Å². The summed E-state index contributed by atoms with van der Waals surface area (Å²) in [7, 11) is 1.62. The average molecular weight is 402 g/mol. The number of H-pyrrole nitrogens is 1. The zero-order valence-electron chi connectivity index (χ0n) is 17.0. The minimum Gasteiger partial charge on any atom is -0.496 e. The van der Waals surface area contributed by atoms with Crippen LogP contribution >= 0.6 is 0 Å². The normalized spacial score (nSPS) is 17.6. The highest BCUT2D eigenvalue weighted by Gasteiger charge is 2.40. The summed E-state index contributed by atoms with van der Waals surface area (Å²) >= 11 is 0. The van der Waals surface area contributed by atoms with Crippen molar-refractivity contribution in [3.05, 3.63) is 70.4 Å². The van der Waals surface area contributed by atoms with Crippen LogP contribution in [0.25, 0.3) is 0 Å². The molecule has 0 spiro atoms. The summed E-state index contributed by atoms with van der Waals surface area (Å²) in [5.41, 5.74) is 4.40. The van der Waals surface area contributed by atoms with Gasteiger partial charge >= 0.3 is 0 Å². The standard InChI is InChI=1S/C23H22N4O3/c1-13-6-4-5-7-18(13)29-12-16-10-15(8-9-19(16)28-3)21-17(11-24)22(25)30-23-20(21)14(2)26-27-23/h4-10,17,21,25H,12H2,1-3H3,(H,26,27). The molecule has 2 atom stereocenters. The predicted molar refractivity (Wildman–Crippen MR) is 111 cm³/mol. The summed E-state index contributed by atoms with van der Waals surface area (Å²) in [6.07, 6.45) is 0. The van der Waals surface area contributed by atoms with Crippen LogP contribution in [0.3, 0.4) is 0 Å². The number of nitrogens with one attached hydrogen (secondary N) is 2. The van der Waals surface area contributed by atoms with Gasteiger partial charge in [-0.1, -0.05) is 24.3 Å². The van der Waals surface area contributed by atoms with Crippen molar-refractivity contribution in [2.45, 2.75) is 26.4 Å². The number of methoxy groups -OCH3 is 1. The van der Waals surface area contributed by atoms with Crippen LogP contribution < -0.4 is 14.2 Å². The van der Waals surface area contributed by atoms with Crippen LogP contribution in [-0.2, 0) is 6.61 Å². The lowest BCUT2D eigenvalue weighted by Gasteiger charge is -2.28. The number of ether oxygens (including phenoxy) is 3. The van der Waals surface area contributed by atoms with Crippen molar-refractivity contribution in [2.24, 2.45) is 5.92 Å². The molecule has 0 radical (unpaired) electrons. The molecule has 4 rings (SSSR count). The zero-order chi connectivity index (χ0) is 21.3. The number of fused-ring (bicyclic) bond motifs is 1. The van der Waals surface area contributed by atoms with Gasteiger partial charge in [-0.25, -0.2) is 0 Å². The van der Waals surface area contributed by atoms with Crippen LogP contribution in [0.2, 0.25) is 0 Å². The van der Waals surface area contributed by atoms with E-state index in [1.54, 1.807) is 7.11 Å². The molecular weight excluding hydrogens is 380 g/mol. The Balaban J connectivity index is 1.73. The topological polar surface area (TPSA) is 104 Å². The minimum absolute atomic E-state index is 0.102. The maximum atomic E-state index is 9.75. The lowest BCUT2D eigenvalue weighted by molar-refractivity contribution is 0.294. The van der Waals surface area contributed by atoms with E-state index < -0.39 is 5.92 Å². The second-order valence-corrected chi connectivity index (χ2v) is 7.24. The van der Waals surface area contributed by atoms with Crippen LogP contribution in [-0.4, -0.2) is 23.2 Å². The maximum Gasteiger partial charge on any atom is 0.243 e. The fraction of sp³-hybridized carbons (Fsp3) is 0.261. The van der Waals surface area contributed by atoms with Crippen molar-refractivity contribution in [2.75, 3.05) is 7.11 Å². The van der Waals surface area contributed by atoms with Crippen molar-refractivity contribution < 1.29 is 14.2 Å². The first-order valence-electron chi connectivity index (χ1n) is 9.59. The van der Waals surface area contributed by atoms with Gasteiger partial charge in [-0.2, -0.15) is 5.26 Å². The average Bonchev–Trinajstić information content (AvgIpc) is 3.12. The molecular formula is C23H22N4O3. The quantitative estimate of drug-likeness (QED) is 0.664. The molecule has 0 amide bonds. The number of aromatic nitrogens is 2. The number of rotatable bonds is 5. The minimum atomic E-state index is -0.743. The number of hydrogen-bond acceptors (Lipinski definition) is 6. The number of aromatic amines is 1. The highest BCUT2D eigenvalue weighted by Crippen LogP contribution is 2.43. The maximum absolute atomic E-state index is 9.75. The van der Waals surface area contributed by atoms with Gasteiger partial charge in [0.1, 0.15) is 24.0 Å². The van der Waals surface area contributed by atoms with Crippen molar-refractivity contribution in [1.29, 1.82) is 10.7 Å². The van der Waals surface area contributed by atoms with Gasteiger partial charge < -0.3 is 14.2 Å². The number of para-hydroxylation sites is 1. The molecule has 0 saturated carbocycles. The molecule has 0 saturated heterocycles. The van der Waals surface area contributed by atoms with Crippen LogP contribution in [0.1, 0.15) is 33.9 Å². The molecule has 1 aliphatic heterocycles. The molecule has 2 N–H and O–H groups in total. The fourth-order valence-electron chi connectivity index (χ4n) is 3.82. The van der Waals surface area contributed by atoms with E-state index in [1.807, 2.05) is 56.3 Å². The highest BCUT2D eigenvalue weighted by atomic mass is 16.5. The van der Waals surface area contributed by atoms with Crippen molar-refractivity contribution in [1.82, 2.24) is 10.2 Å². The monoisotopic (exact) mass is 402 g/mol. The first-order valence-corrected chi connectivity index (χ1v) is 9.59. The Hall–Kier alpha value is -3.79. The molecule has 30 heavy (non-hydrogen) atoms. The molecule has 2 heterocycles. The van der Waals surface area contributed by atoms with Crippen molar-refractivity contribution >= 4 is 5.90 Å². The van der Waals surface area contributed by atoms with Gasteiger partial charge in [-0.3, -0.25) is 10.5 Å². The number of nitrogens with zero attached hydrogens (tertiary/aromatic N) is 2. The largest absolute Gasteiger partial charge is 0.496 e. The fourth-order valence-corrected chi connectivity index (χ4v) is 3.82. The van der Waals surface area contributed by atoms with E-state index >= 15 is 0 Å². The van der Waals surface area contributed by atoms with Gasteiger partial charge in [0.2, 0.25) is 11.8 Å². The van der Waals surface area contributed by atoms with Gasteiger partial charge in [0.25, 0.3) is 0 Å². The number of benzene rings is 2. The Morgan fingerprint density at radius 3 is 2.73 bits per heavy atom. The third-order valence-electron chi connectivity index (χ3n) is 5.37. The van der Waals surface area contributed by atoms with E-state index in [1.165, 1.54) is 0 Å². The van der Waals surface area contributed by atoms with E-state index in [-0.39, 0.29) is 11.8 Å². The molecule has 2 unspecified atom stereocenters. The Kier molecular flexibility index (Phi) is 5.15. The molecule has 2 aromatic carbocycles. The van der Waals surface area contributed by atoms with E-state index in [4.69, 9.17) is 19.6 Å². The molecule has 1 aromatic heterocycles. The lowest BCUT2D eigenvalue weighted by Crippen LogP contribution is -2.31. The number of nitriles is 1. The molecule has 1 aliphatic rings. The third-order valence-corrected chi connectivity index (χ3v) is 5.37. The Morgan fingerprint density at radius 2 is 2.00 bits per heavy atom. The number of aryl methyl sites for hydroxylation is 2. The summed E-state index contributed by atoms with van der Waals surface area (Å²) in [5.74, 6) is 0.644. The summed E-state index contributed by atoms with van der Waals surface area (Å²) in [5, 5.41) is 25.0. The highest BCUT2D eigenvalue weighted by molar-refractivity contribution is 5.84. The smallest absolute Gasteiger partial charge is 0.243 e. The van der Waals surface area contributed by atoms with Crippen LogP contribution in [0.5, 0.6) is 17.4 Å². The third kappa shape index (κ3) is 3.37. The molecule has 0 fully saturated rings.